The maximum absolute atomic E-state index is 15.2. The lowest BCUT2D eigenvalue weighted by atomic mass is 9.42. The molecule has 1 heterocycles. The number of rotatable bonds is 3. The lowest BCUT2D eigenvalue weighted by molar-refractivity contribution is -0.156. The van der Waals surface area contributed by atoms with E-state index in [1.807, 2.05) is 0 Å². The smallest absolute Gasteiger partial charge is 0.223 e. The van der Waals surface area contributed by atoms with Gasteiger partial charge in [-0.15, -0.1) is 0 Å². The van der Waals surface area contributed by atoms with Crippen molar-refractivity contribution < 1.29 is 18.7 Å². The molecule has 1 aromatic rings. The van der Waals surface area contributed by atoms with E-state index in [-0.39, 0.29) is 23.6 Å². The number of alkyl halides is 1. The van der Waals surface area contributed by atoms with Gasteiger partial charge in [0.2, 0.25) is 5.91 Å². The van der Waals surface area contributed by atoms with Crippen LogP contribution in [0.4, 0.5) is 8.78 Å². The minimum absolute atomic E-state index is 0.0417. The van der Waals surface area contributed by atoms with Crippen LogP contribution in [-0.4, -0.2) is 40.8 Å². The number of hydrogen-bond acceptors (Lipinski definition) is 2. The fraction of sp³-hybridized carbons (Fsp3) is 0.667. The summed E-state index contributed by atoms with van der Waals surface area (Å²) in [5, 5.41) is 9.54. The molecule has 5 heteroatoms. The Kier molecular flexibility index (Phi) is 3.53. The molecule has 5 fully saturated rings. The predicted octanol–water partition coefficient (Wildman–Crippen LogP) is 3.20. The van der Waals surface area contributed by atoms with E-state index < -0.39 is 17.2 Å². The fourth-order valence-corrected chi connectivity index (χ4v) is 6.65. The molecule has 1 N–H and O–H groups in total. The molecule has 3 nitrogen and oxygen atoms in total. The van der Waals surface area contributed by atoms with Crippen LogP contribution in [-0.2, 0) is 10.2 Å². The van der Waals surface area contributed by atoms with E-state index in [0.717, 1.165) is 18.4 Å². The normalized spacial score (nSPS) is 41.3. The van der Waals surface area contributed by atoms with Crippen molar-refractivity contribution in [2.75, 3.05) is 13.1 Å². The van der Waals surface area contributed by atoms with Gasteiger partial charge in [-0.05, 0) is 67.6 Å². The van der Waals surface area contributed by atoms with Crippen LogP contribution in [0.5, 0.6) is 0 Å². The monoisotopic (exact) mass is 361 g/mol. The number of nitrogens with zero attached hydrogens (tertiary/aromatic N) is 1. The molecule has 6 rings (SSSR count). The number of aliphatic hydroxyl groups is 1. The van der Waals surface area contributed by atoms with Gasteiger partial charge in [0.15, 0.2) is 0 Å². The summed E-state index contributed by atoms with van der Waals surface area (Å²) in [6.07, 6.45) is 3.58. The van der Waals surface area contributed by atoms with E-state index in [9.17, 15) is 14.3 Å². The molecule has 1 saturated heterocycles. The zero-order chi connectivity index (χ0) is 18.1. The van der Waals surface area contributed by atoms with Crippen molar-refractivity contribution in [3.8, 4) is 0 Å². The summed E-state index contributed by atoms with van der Waals surface area (Å²) in [5.74, 6) is 0.456. The first kappa shape index (κ1) is 16.7. The van der Waals surface area contributed by atoms with Gasteiger partial charge >= 0.3 is 0 Å². The Balaban J connectivity index is 1.53. The van der Waals surface area contributed by atoms with Crippen molar-refractivity contribution in [1.29, 1.82) is 0 Å². The molecule has 0 aromatic heterocycles. The van der Waals surface area contributed by atoms with Crippen LogP contribution >= 0.6 is 0 Å². The van der Waals surface area contributed by atoms with Crippen molar-refractivity contribution >= 4 is 5.91 Å². The molecule has 4 saturated carbocycles. The molecule has 2 unspecified atom stereocenters. The third kappa shape index (κ3) is 2.35. The maximum atomic E-state index is 15.2. The van der Waals surface area contributed by atoms with Gasteiger partial charge in [0.1, 0.15) is 11.5 Å². The first-order valence-electron chi connectivity index (χ1n) is 9.79. The minimum atomic E-state index is -1.07. The number of benzene rings is 1. The zero-order valence-corrected chi connectivity index (χ0v) is 14.8. The lowest BCUT2D eigenvalue weighted by Crippen LogP contribution is -2.63. The van der Waals surface area contributed by atoms with Gasteiger partial charge in [-0.3, -0.25) is 4.79 Å². The molecule has 1 aliphatic heterocycles. The van der Waals surface area contributed by atoms with Crippen LogP contribution in [0.25, 0.3) is 0 Å². The van der Waals surface area contributed by atoms with Gasteiger partial charge in [0.05, 0.1) is 6.10 Å². The quantitative estimate of drug-likeness (QED) is 0.898. The van der Waals surface area contributed by atoms with E-state index in [2.05, 4.69) is 0 Å². The number of likely N-dealkylation sites (tertiary alicyclic amines) is 1. The van der Waals surface area contributed by atoms with Crippen molar-refractivity contribution in [3.63, 3.8) is 0 Å². The summed E-state index contributed by atoms with van der Waals surface area (Å²) in [5.41, 5.74) is -0.473. The Morgan fingerprint density at radius 3 is 2.27 bits per heavy atom. The highest BCUT2D eigenvalue weighted by molar-refractivity contribution is 5.79. The molecular weight excluding hydrogens is 336 g/mol. The van der Waals surface area contributed by atoms with Crippen LogP contribution < -0.4 is 0 Å². The van der Waals surface area contributed by atoms with E-state index in [1.165, 1.54) is 12.1 Å². The Labute approximate surface area is 152 Å². The van der Waals surface area contributed by atoms with Crippen molar-refractivity contribution in [2.24, 2.45) is 17.8 Å². The second-order valence-corrected chi connectivity index (χ2v) is 9.17. The summed E-state index contributed by atoms with van der Waals surface area (Å²) in [6, 6.07) is 6.54. The minimum Gasteiger partial charge on any atom is -0.389 e. The second kappa shape index (κ2) is 5.51. The van der Waals surface area contributed by atoms with E-state index in [0.29, 0.717) is 44.7 Å². The number of β-amino-alcohol motifs (C(OH)–C–C–N with tert-alkyl or cyclic N) is 1. The molecule has 0 spiro atoms. The SMILES string of the molecule is O=C(C[C@]1(c2ccc(F)cc2)C2CC3CC1C[C@@](F)(C3)C2)N1CC(O)C1. The predicted molar refractivity (Wildman–Crippen MR) is 92.7 cm³/mol. The van der Waals surface area contributed by atoms with Crippen LogP contribution in [0.2, 0.25) is 0 Å². The van der Waals surface area contributed by atoms with Gasteiger partial charge in [0, 0.05) is 24.9 Å². The standard InChI is InChI=1S/C21H25F2NO2/c22-17-3-1-14(2-4-17)21(10-19(26)24-11-18(25)12-24)15-5-13-6-16(21)9-20(23,7-13)8-15/h1-4,13,15-16,18,25H,5-12H2/t13?,15?,16?,20-,21+. The Morgan fingerprint density at radius 2 is 1.73 bits per heavy atom. The molecule has 4 bridgehead atoms. The molecule has 4 aliphatic carbocycles. The molecular formula is C21H25F2NO2. The first-order chi connectivity index (χ1) is 12.4. The van der Waals surface area contributed by atoms with Crippen molar-refractivity contribution in [3.05, 3.63) is 35.6 Å². The first-order valence-corrected chi connectivity index (χ1v) is 9.79. The van der Waals surface area contributed by atoms with E-state index in [1.54, 1.807) is 17.0 Å². The molecule has 26 heavy (non-hydrogen) atoms. The Hall–Kier alpha value is -1.49. The van der Waals surface area contributed by atoms with Gasteiger partial charge < -0.3 is 10.0 Å². The third-order valence-corrected chi connectivity index (χ3v) is 7.61. The van der Waals surface area contributed by atoms with Crippen molar-refractivity contribution in [1.82, 2.24) is 4.90 Å². The van der Waals surface area contributed by atoms with Crippen LogP contribution in [0.15, 0.2) is 24.3 Å². The molecule has 0 radical (unpaired) electrons. The number of aliphatic hydroxyl groups excluding tert-OH is 1. The molecule has 1 amide bonds. The Bertz CT molecular complexity index is 712. The molecule has 5 aliphatic rings. The van der Waals surface area contributed by atoms with E-state index in [4.69, 9.17) is 0 Å². The van der Waals surface area contributed by atoms with Gasteiger partial charge in [-0.1, -0.05) is 12.1 Å². The lowest BCUT2D eigenvalue weighted by Gasteiger charge is -2.63. The van der Waals surface area contributed by atoms with Crippen molar-refractivity contribution in [2.45, 2.75) is 55.7 Å². The van der Waals surface area contributed by atoms with Gasteiger partial charge in [0.25, 0.3) is 0 Å². The van der Waals surface area contributed by atoms with E-state index >= 15 is 4.39 Å². The molecule has 140 valence electrons. The average Bonchev–Trinajstić information content (AvgIpc) is 2.54. The van der Waals surface area contributed by atoms with Crippen LogP contribution in [0.3, 0.4) is 0 Å². The number of hydrogen-bond donors (Lipinski definition) is 1. The third-order valence-electron chi connectivity index (χ3n) is 7.61. The number of carbonyl (C=O) groups excluding carboxylic acids is 1. The van der Waals surface area contributed by atoms with Crippen LogP contribution in [0, 0.1) is 23.6 Å². The highest BCUT2D eigenvalue weighted by Crippen LogP contribution is 2.66. The summed E-state index contributed by atoms with van der Waals surface area (Å²) in [6.45, 7) is 0.784. The van der Waals surface area contributed by atoms with Crippen LogP contribution in [0.1, 0.15) is 44.1 Å². The average molecular weight is 361 g/mol. The Morgan fingerprint density at radius 1 is 1.12 bits per heavy atom. The topological polar surface area (TPSA) is 40.5 Å². The van der Waals surface area contributed by atoms with Gasteiger partial charge in [-0.25, -0.2) is 8.78 Å². The zero-order valence-electron chi connectivity index (χ0n) is 14.8. The summed E-state index contributed by atoms with van der Waals surface area (Å²) < 4.78 is 28.8. The second-order valence-electron chi connectivity index (χ2n) is 9.17. The summed E-state index contributed by atoms with van der Waals surface area (Å²) >= 11 is 0. The van der Waals surface area contributed by atoms with Gasteiger partial charge in [-0.2, -0.15) is 0 Å². The highest BCUT2D eigenvalue weighted by Gasteiger charge is 2.63. The number of halogens is 2. The summed E-state index contributed by atoms with van der Waals surface area (Å²) in [4.78, 5) is 14.6. The molecule has 2 atom stereocenters. The maximum Gasteiger partial charge on any atom is 0.223 e. The largest absolute Gasteiger partial charge is 0.389 e. The molecule has 1 aromatic carbocycles. The number of carbonyl (C=O) groups is 1. The fourth-order valence-electron chi connectivity index (χ4n) is 6.65. The number of amides is 1. The highest BCUT2D eigenvalue weighted by atomic mass is 19.1. The summed E-state index contributed by atoms with van der Waals surface area (Å²) in [7, 11) is 0.